The van der Waals surface area contributed by atoms with Crippen molar-refractivity contribution in [2.45, 2.75) is 30.3 Å². The van der Waals surface area contributed by atoms with Crippen molar-refractivity contribution >= 4 is 10.8 Å². The first-order valence-corrected chi connectivity index (χ1v) is 6.83. The van der Waals surface area contributed by atoms with Gasteiger partial charge in [0.2, 0.25) is 0 Å². The van der Waals surface area contributed by atoms with Crippen molar-refractivity contribution in [1.29, 1.82) is 0 Å². The molecule has 2 atom stereocenters. The quantitative estimate of drug-likeness (QED) is 0.814. The minimum Gasteiger partial charge on any atom is -0.377 e. The minimum atomic E-state index is -1.16. The van der Waals surface area contributed by atoms with E-state index in [2.05, 4.69) is 0 Å². The summed E-state index contributed by atoms with van der Waals surface area (Å²) in [6.45, 7) is 0.755. The van der Waals surface area contributed by atoms with Crippen molar-refractivity contribution in [2.75, 3.05) is 12.4 Å². The molecule has 1 fully saturated rings. The molecule has 0 radical (unpaired) electrons. The first kappa shape index (κ1) is 11.7. The number of rotatable bonds is 3. The number of hydrogen-bond donors (Lipinski definition) is 0. The molecule has 0 bridgehead atoms. The summed E-state index contributed by atoms with van der Waals surface area (Å²) in [5, 5.41) is 0. The third-order valence-corrected chi connectivity index (χ3v) is 4.12. The first-order chi connectivity index (χ1) is 7.75. The van der Waals surface area contributed by atoms with Gasteiger partial charge in [-0.2, -0.15) is 0 Å². The van der Waals surface area contributed by atoms with E-state index in [0.717, 1.165) is 25.9 Å². The Balaban J connectivity index is 1.97. The van der Waals surface area contributed by atoms with Gasteiger partial charge in [-0.25, -0.2) is 4.39 Å². The lowest BCUT2D eigenvalue weighted by molar-refractivity contribution is 0.0310. The Morgan fingerprint density at radius 3 is 3.00 bits per heavy atom. The van der Waals surface area contributed by atoms with Crippen LogP contribution in [0.4, 0.5) is 4.39 Å². The van der Waals surface area contributed by atoms with Gasteiger partial charge in [0.05, 0.1) is 22.7 Å². The first-order valence-electron chi connectivity index (χ1n) is 5.51. The molecule has 0 N–H and O–H groups in total. The fourth-order valence-electron chi connectivity index (χ4n) is 1.81. The van der Waals surface area contributed by atoms with E-state index in [9.17, 15) is 8.60 Å². The summed E-state index contributed by atoms with van der Waals surface area (Å²) < 4.78 is 30.4. The molecule has 1 aromatic carbocycles. The van der Waals surface area contributed by atoms with Crippen molar-refractivity contribution < 1.29 is 13.3 Å². The van der Waals surface area contributed by atoms with E-state index in [1.165, 1.54) is 12.1 Å². The molecule has 1 aliphatic rings. The highest BCUT2D eigenvalue weighted by Crippen LogP contribution is 2.17. The lowest BCUT2D eigenvalue weighted by Gasteiger charge is -2.21. The molecule has 0 saturated carbocycles. The second-order valence-electron chi connectivity index (χ2n) is 3.96. The topological polar surface area (TPSA) is 26.3 Å². The van der Waals surface area contributed by atoms with Crippen LogP contribution in [0.15, 0.2) is 29.2 Å². The monoisotopic (exact) mass is 242 g/mol. The van der Waals surface area contributed by atoms with Crippen molar-refractivity contribution in [3.8, 4) is 0 Å². The van der Waals surface area contributed by atoms with Gasteiger partial charge in [0, 0.05) is 11.5 Å². The molecular weight excluding hydrogens is 227 g/mol. The molecule has 1 aromatic rings. The molecule has 1 aliphatic heterocycles. The van der Waals surface area contributed by atoms with Gasteiger partial charge in [-0.05, 0) is 37.5 Å². The van der Waals surface area contributed by atoms with Gasteiger partial charge >= 0.3 is 0 Å². The maximum Gasteiger partial charge on any atom is 0.124 e. The van der Waals surface area contributed by atoms with E-state index in [1.54, 1.807) is 12.1 Å². The summed E-state index contributed by atoms with van der Waals surface area (Å²) in [7, 11) is -1.16. The largest absolute Gasteiger partial charge is 0.377 e. The smallest absolute Gasteiger partial charge is 0.124 e. The molecular formula is C12H15FO2S. The Hall–Kier alpha value is -0.740. The zero-order valence-electron chi connectivity index (χ0n) is 9.02. The van der Waals surface area contributed by atoms with E-state index in [4.69, 9.17) is 4.74 Å². The fraction of sp³-hybridized carbons (Fsp3) is 0.500. The molecule has 1 heterocycles. The number of benzene rings is 1. The SMILES string of the molecule is O=S(CC1CCCCO1)c1cccc(F)c1. The maximum atomic E-state index is 12.9. The van der Waals surface area contributed by atoms with Crippen LogP contribution in [0.5, 0.6) is 0 Å². The molecule has 1 saturated heterocycles. The highest BCUT2D eigenvalue weighted by molar-refractivity contribution is 7.85. The summed E-state index contributed by atoms with van der Waals surface area (Å²) in [4.78, 5) is 0.550. The van der Waals surface area contributed by atoms with E-state index in [-0.39, 0.29) is 11.9 Å². The molecule has 0 aliphatic carbocycles. The van der Waals surface area contributed by atoms with Gasteiger partial charge in [0.15, 0.2) is 0 Å². The number of halogens is 1. The standard InChI is InChI=1S/C12H15FO2S/c13-10-4-3-6-12(8-10)16(14)9-11-5-1-2-7-15-11/h3-4,6,8,11H,1-2,5,7,9H2. The lowest BCUT2D eigenvalue weighted by Crippen LogP contribution is -2.25. The summed E-state index contributed by atoms with van der Waals surface area (Å²) >= 11 is 0. The Labute approximate surface area is 97.3 Å². The fourth-order valence-corrected chi connectivity index (χ4v) is 3.08. The normalized spacial score (nSPS) is 22.9. The predicted octanol–water partition coefficient (Wildman–Crippen LogP) is 2.50. The second-order valence-corrected chi connectivity index (χ2v) is 5.45. The highest BCUT2D eigenvalue weighted by atomic mass is 32.2. The van der Waals surface area contributed by atoms with Crippen LogP contribution in [0, 0.1) is 5.82 Å². The highest BCUT2D eigenvalue weighted by Gasteiger charge is 2.17. The Kier molecular flexibility index (Phi) is 4.07. The van der Waals surface area contributed by atoms with Gasteiger partial charge < -0.3 is 4.74 Å². The minimum absolute atomic E-state index is 0.0675. The Morgan fingerprint density at radius 1 is 1.44 bits per heavy atom. The third kappa shape index (κ3) is 3.12. The van der Waals surface area contributed by atoms with Crippen LogP contribution in [-0.2, 0) is 15.5 Å². The van der Waals surface area contributed by atoms with Gasteiger partial charge in [-0.3, -0.25) is 4.21 Å². The van der Waals surface area contributed by atoms with E-state index in [1.807, 2.05) is 0 Å². The van der Waals surface area contributed by atoms with Crippen molar-refractivity contribution in [2.24, 2.45) is 0 Å². The molecule has 16 heavy (non-hydrogen) atoms. The van der Waals surface area contributed by atoms with Gasteiger partial charge in [0.25, 0.3) is 0 Å². The third-order valence-electron chi connectivity index (χ3n) is 2.67. The molecule has 88 valence electrons. The van der Waals surface area contributed by atoms with E-state index >= 15 is 0 Å². The average molecular weight is 242 g/mol. The lowest BCUT2D eigenvalue weighted by atomic mass is 10.1. The second kappa shape index (κ2) is 5.55. The van der Waals surface area contributed by atoms with Crippen LogP contribution in [0.25, 0.3) is 0 Å². The van der Waals surface area contributed by atoms with Gasteiger partial charge in [-0.15, -0.1) is 0 Å². The van der Waals surface area contributed by atoms with Crippen LogP contribution in [-0.4, -0.2) is 22.7 Å². The van der Waals surface area contributed by atoms with Crippen LogP contribution in [0.2, 0.25) is 0 Å². The maximum absolute atomic E-state index is 12.9. The Morgan fingerprint density at radius 2 is 2.31 bits per heavy atom. The zero-order chi connectivity index (χ0) is 11.4. The van der Waals surface area contributed by atoms with Gasteiger partial charge in [0.1, 0.15) is 5.82 Å². The zero-order valence-corrected chi connectivity index (χ0v) is 9.84. The summed E-state index contributed by atoms with van der Waals surface area (Å²) in [5.74, 6) is 0.138. The molecule has 0 amide bonds. The van der Waals surface area contributed by atoms with Crippen molar-refractivity contribution in [1.82, 2.24) is 0 Å². The summed E-state index contributed by atoms with van der Waals surface area (Å²) in [6.07, 6.45) is 3.24. The molecule has 2 nitrogen and oxygen atoms in total. The van der Waals surface area contributed by atoms with E-state index in [0.29, 0.717) is 10.6 Å². The Bertz CT molecular complexity index is 375. The summed E-state index contributed by atoms with van der Waals surface area (Å²) in [6, 6.07) is 5.98. The van der Waals surface area contributed by atoms with Crippen LogP contribution in [0.1, 0.15) is 19.3 Å². The average Bonchev–Trinajstić information content (AvgIpc) is 2.30. The van der Waals surface area contributed by atoms with Crippen LogP contribution >= 0.6 is 0 Å². The number of hydrogen-bond acceptors (Lipinski definition) is 2. The van der Waals surface area contributed by atoms with Gasteiger partial charge in [-0.1, -0.05) is 6.07 Å². The molecule has 2 unspecified atom stereocenters. The molecule has 0 spiro atoms. The summed E-state index contributed by atoms with van der Waals surface area (Å²) in [5.41, 5.74) is 0. The van der Waals surface area contributed by atoms with E-state index < -0.39 is 10.8 Å². The number of ether oxygens (including phenoxy) is 1. The molecule has 2 rings (SSSR count). The van der Waals surface area contributed by atoms with Crippen molar-refractivity contribution in [3.05, 3.63) is 30.1 Å². The van der Waals surface area contributed by atoms with Crippen molar-refractivity contribution in [3.63, 3.8) is 0 Å². The molecule has 4 heteroatoms. The van der Waals surface area contributed by atoms with Crippen LogP contribution in [0.3, 0.4) is 0 Å². The molecule has 0 aromatic heterocycles. The van der Waals surface area contributed by atoms with Crippen LogP contribution < -0.4 is 0 Å². The predicted molar refractivity (Wildman–Crippen MR) is 61.3 cm³/mol.